The zero-order chi connectivity index (χ0) is 19.0. The highest BCUT2D eigenvalue weighted by atomic mass is 16.6. The number of ether oxygens (including phenoxy) is 2. The van der Waals surface area contributed by atoms with Gasteiger partial charge in [-0.2, -0.15) is 0 Å². The molecule has 1 saturated heterocycles. The maximum Gasteiger partial charge on any atom is 0.336 e. The Hall–Kier alpha value is -1.92. The van der Waals surface area contributed by atoms with Crippen LogP contribution in [-0.2, 0) is 19.1 Å². The van der Waals surface area contributed by atoms with E-state index >= 15 is 0 Å². The van der Waals surface area contributed by atoms with Gasteiger partial charge in [-0.1, -0.05) is 24.3 Å². The van der Waals surface area contributed by atoms with Crippen LogP contribution in [0.1, 0.15) is 26.7 Å². The molecule has 26 heavy (non-hydrogen) atoms. The van der Waals surface area contributed by atoms with Crippen LogP contribution in [-0.4, -0.2) is 47.6 Å². The van der Waals surface area contributed by atoms with Crippen molar-refractivity contribution in [3.63, 3.8) is 0 Å². The quantitative estimate of drug-likeness (QED) is 0.448. The number of carbonyl (C=O) groups is 2. The van der Waals surface area contributed by atoms with Crippen LogP contribution in [0, 0.1) is 23.7 Å². The highest BCUT2D eigenvalue weighted by molar-refractivity contribution is 5.92. The molecule has 0 spiro atoms. The number of rotatable bonds is 4. The number of esters is 2. The summed E-state index contributed by atoms with van der Waals surface area (Å²) in [5, 5.41) is 19.3. The van der Waals surface area contributed by atoms with Crippen molar-refractivity contribution in [3.05, 3.63) is 35.5 Å². The first-order chi connectivity index (χ1) is 12.4. The molecule has 142 valence electrons. The highest BCUT2D eigenvalue weighted by Crippen LogP contribution is 2.51. The number of fused-ring (bicyclic) bond motifs is 3. The van der Waals surface area contributed by atoms with Gasteiger partial charge in [0.05, 0.1) is 18.1 Å². The summed E-state index contributed by atoms with van der Waals surface area (Å²) < 4.78 is 11.3. The van der Waals surface area contributed by atoms with Gasteiger partial charge in [0.15, 0.2) is 0 Å². The largest absolute Gasteiger partial charge is 0.458 e. The fraction of sp³-hybridized carbons (Fsp3) is 0.600. The molecule has 6 nitrogen and oxygen atoms in total. The molecule has 2 fully saturated rings. The van der Waals surface area contributed by atoms with Gasteiger partial charge in [-0.05, 0) is 38.5 Å². The smallest absolute Gasteiger partial charge is 0.336 e. The molecular formula is C20H26O6. The Morgan fingerprint density at radius 2 is 2.15 bits per heavy atom. The molecule has 6 atom stereocenters. The summed E-state index contributed by atoms with van der Waals surface area (Å²) in [4.78, 5) is 24.6. The molecule has 1 aliphatic heterocycles. The first-order valence-electron chi connectivity index (χ1n) is 9.07. The molecule has 1 heterocycles. The maximum absolute atomic E-state index is 12.4. The number of hydrogen-bond acceptors (Lipinski definition) is 6. The average Bonchev–Trinajstić information content (AvgIpc) is 3.08. The number of hydrogen-bond donors (Lipinski definition) is 2. The molecule has 0 radical (unpaired) electrons. The fourth-order valence-electron chi connectivity index (χ4n) is 4.71. The van der Waals surface area contributed by atoms with E-state index in [1.54, 1.807) is 6.92 Å². The summed E-state index contributed by atoms with van der Waals surface area (Å²) in [6.07, 6.45) is 3.84. The normalized spacial score (nSPS) is 36.8. The van der Waals surface area contributed by atoms with Gasteiger partial charge in [0, 0.05) is 18.1 Å². The van der Waals surface area contributed by atoms with Crippen molar-refractivity contribution in [3.8, 4) is 0 Å². The molecule has 0 amide bonds. The van der Waals surface area contributed by atoms with E-state index in [9.17, 15) is 19.8 Å². The topological polar surface area (TPSA) is 93.1 Å². The van der Waals surface area contributed by atoms with Crippen molar-refractivity contribution in [2.24, 2.45) is 23.7 Å². The van der Waals surface area contributed by atoms with Crippen molar-refractivity contribution in [1.82, 2.24) is 0 Å². The zero-order valence-corrected chi connectivity index (χ0v) is 15.2. The molecule has 2 N–H and O–H groups in total. The third-order valence-corrected chi connectivity index (χ3v) is 6.13. The van der Waals surface area contributed by atoms with Crippen LogP contribution in [0.25, 0.3) is 0 Å². The molecule has 2 aliphatic carbocycles. The van der Waals surface area contributed by atoms with Crippen molar-refractivity contribution >= 4 is 11.9 Å². The van der Waals surface area contributed by atoms with Crippen molar-refractivity contribution < 1.29 is 29.3 Å². The summed E-state index contributed by atoms with van der Waals surface area (Å²) in [6, 6.07) is 0. The molecule has 0 aromatic heterocycles. The fourth-order valence-corrected chi connectivity index (χ4v) is 4.71. The Kier molecular flexibility index (Phi) is 5.34. The van der Waals surface area contributed by atoms with Gasteiger partial charge in [0.25, 0.3) is 0 Å². The van der Waals surface area contributed by atoms with Crippen LogP contribution >= 0.6 is 0 Å². The molecule has 0 aromatic rings. The van der Waals surface area contributed by atoms with Gasteiger partial charge < -0.3 is 19.7 Å². The lowest BCUT2D eigenvalue weighted by molar-refractivity contribution is -0.149. The Morgan fingerprint density at radius 3 is 2.77 bits per heavy atom. The Balaban J connectivity index is 1.96. The van der Waals surface area contributed by atoms with Crippen LogP contribution in [0.3, 0.4) is 0 Å². The number of carbonyl (C=O) groups excluding carboxylic acids is 2. The van der Waals surface area contributed by atoms with E-state index in [2.05, 4.69) is 12.7 Å². The van der Waals surface area contributed by atoms with Crippen molar-refractivity contribution in [2.45, 2.75) is 38.9 Å². The molecule has 6 heteroatoms. The molecule has 6 unspecified atom stereocenters. The first kappa shape index (κ1) is 18.9. The molecule has 0 aromatic carbocycles. The summed E-state index contributed by atoms with van der Waals surface area (Å²) in [5.74, 6) is -1.41. The van der Waals surface area contributed by atoms with Crippen LogP contribution in [0.4, 0.5) is 0 Å². The van der Waals surface area contributed by atoms with Gasteiger partial charge in [-0.15, -0.1) is 0 Å². The highest BCUT2D eigenvalue weighted by Gasteiger charge is 2.55. The van der Waals surface area contributed by atoms with E-state index in [1.807, 2.05) is 6.92 Å². The van der Waals surface area contributed by atoms with Gasteiger partial charge in [-0.3, -0.25) is 0 Å². The monoisotopic (exact) mass is 362 g/mol. The average molecular weight is 362 g/mol. The van der Waals surface area contributed by atoms with Crippen LogP contribution in [0.15, 0.2) is 35.5 Å². The van der Waals surface area contributed by atoms with E-state index in [-0.39, 0.29) is 29.9 Å². The number of aliphatic hydroxyl groups is 2. The summed E-state index contributed by atoms with van der Waals surface area (Å²) in [6.45, 7) is 7.11. The van der Waals surface area contributed by atoms with E-state index in [1.165, 1.54) is 6.08 Å². The SMILES string of the molecule is C=C1C(=O)OC2C1C(OC(=O)C(=CC)CO)CC(CO)C1CC=C(C)C12. The van der Waals surface area contributed by atoms with E-state index in [4.69, 9.17) is 9.47 Å². The van der Waals surface area contributed by atoms with Crippen LogP contribution < -0.4 is 0 Å². The van der Waals surface area contributed by atoms with Crippen molar-refractivity contribution in [1.29, 1.82) is 0 Å². The Morgan fingerprint density at radius 1 is 1.42 bits per heavy atom. The predicted octanol–water partition coefficient (Wildman–Crippen LogP) is 1.53. The van der Waals surface area contributed by atoms with Gasteiger partial charge in [0.2, 0.25) is 0 Å². The van der Waals surface area contributed by atoms with Gasteiger partial charge >= 0.3 is 11.9 Å². The standard InChI is InChI=1S/C20H26O6/c1-4-12(8-21)20(24)25-15-7-13(9-22)14-6-5-10(2)16(14)18-17(15)11(3)19(23)26-18/h4-5,13-18,21-22H,3,6-9H2,1-2H3. The summed E-state index contributed by atoms with van der Waals surface area (Å²) >= 11 is 0. The maximum atomic E-state index is 12.4. The van der Waals surface area contributed by atoms with Gasteiger partial charge in [-0.25, -0.2) is 9.59 Å². The van der Waals surface area contributed by atoms with E-state index < -0.39 is 36.7 Å². The second kappa shape index (κ2) is 7.37. The van der Waals surface area contributed by atoms with Gasteiger partial charge in [0.1, 0.15) is 12.2 Å². The molecule has 3 aliphatic rings. The first-order valence-corrected chi connectivity index (χ1v) is 9.07. The van der Waals surface area contributed by atoms with E-state index in [0.29, 0.717) is 12.0 Å². The zero-order valence-electron chi connectivity index (χ0n) is 15.2. The van der Waals surface area contributed by atoms with Crippen LogP contribution in [0.5, 0.6) is 0 Å². The summed E-state index contributed by atoms with van der Waals surface area (Å²) in [7, 11) is 0. The number of aliphatic hydroxyl groups excluding tert-OH is 2. The minimum atomic E-state index is -0.622. The molecule has 0 bridgehead atoms. The minimum Gasteiger partial charge on any atom is -0.458 e. The second-order valence-electron chi connectivity index (χ2n) is 7.39. The minimum absolute atomic E-state index is 0.00285. The number of allylic oxidation sites excluding steroid dienone is 2. The van der Waals surface area contributed by atoms with E-state index in [0.717, 1.165) is 12.0 Å². The summed E-state index contributed by atoms with van der Waals surface area (Å²) in [5.41, 5.74) is 1.62. The van der Waals surface area contributed by atoms with Crippen LogP contribution in [0.2, 0.25) is 0 Å². The third-order valence-electron chi connectivity index (χ3n) is 6.13. The molecule has 1 saturated carbocycles. The molecule has 3 rings (SSSR count). The lowest BCUT2D eigenvalue weighted by Gasteiger charge is -2.29. The lowest BCUT2D eigenvalue weighted by atomic mass is 9.78. The lowest BCUT2D eigenvalue weighted by Crippen LogP contribution is -2.36. The molecular weight excluding hydrogens is 336 g/mol. The van der Waals surface area contributed by atoms with Crippen molar-refractivity contribution in [2.75, 3.05) is 13.2 Å². The Labute approximate surface area is 153 Å². The predicted molar refractivity (Wildman–Crippen MR) is 93.8 cm³/mol. The second-order valence-corrected chi connectivity index (χ2v) is 7.39. The Bertz CT molecular complexity index is 676. The third kappa shape index (κ3) is 3.01.